The largest absolute Gasteiger partial charge is 0.397 e. The van der Waals surface area contributed by atoms with Crippen molar-refractivity contribution in [3.05, 3.63) is 12.2 Å². The summed E-state index contributed by atoms with van der Waals surface area (Å²) in [7, 11) is -5.24. The minimum absolute atomic E-state index is 0.00790. The molecular weight excluding hydrogens is 961 g/mol. The van der Waals surface area contributed by atoms with Gasteiger partial charge in [-0.15, -0.1) is 0 Å². The molecule has 27 atom stereocenters. The molecule has 9 rings (SSSR count). The van der Waals surface area contributed by atoms with Gasteiger partial charge in [-0.3, -0.25) is 4.55 Å². The fourth-order valence-electron chi connectivity index (χ4n) is 16.1. The maximum atomic E-state index is 12.3. The predicted molar refractivity (Wildman–Crippen MR) is 241 cm³/mol. The molecule has 8 fully saturated rings. The standard InChI is InChI=1S/C48H78O22S/c1-22-30(54)37(68-40-35(59)33(57)36(24(18-50)66-40)70-71(60,61)62)38(69-39-34(58)32(56)31(55)23(17-49)65-39)41(64-22)67-29-9-10-43(3)25(44(29,4)20-52)7-11-45(5)26(43)8-12-48-27-15-42(2,19-51)13-14-47(27,21-63-48)28(53)16-46(45,48)6/h8,12,22-41,49-59H,7,9-11,13-21H2,1-6H3,(H,60,61,62)/t22-,23-,24-,25+,26+,27-,28+,29+,30+,31-,32+,33-,34-,35-,36-,37+,38-,39+,40+,41+,42+,43+,44+,45-,46+,47-,48+/m1/s1. The van der Waals surface area contributed by atoms with E-state index in [2.05, 4.69) is 44.0 Å². The average Bonchev–Trinajstić information content (AvgIpc) is 3.60. The van der Waals surface area contributed by atoms with Crippen molar-refractivity contribution in [1.82, 2.24) is 0 Å². The van der Waals surface area contributed by atoms with E-state index in [1.807, 2.05) is 6.92 Å². The van der Waals surface area contributed by atoms with Gasteiger partial charge < -0.3 is 89.3 Å². The molecule has 0 aromatic rings. The third-order valence-corrected chi connectivity index (χ3v) is 21.0. The predicted octanol–water partition coefficient (Wildman–Crippen LogP) is -1.60. The van der Waals surface area contributed by atoms with Gasteiger partial charge >= 0.3 is 10.4 Å². The van der Waals surface area contributed by atoms with Crippen LogP contribution in [0.2, 0.25) is 0 Å². The van der Waals surface area contributed by atoms with Crippen LogP contribution in [0.5, 0.6) is 0 Å². The van der Waals surface area contributed by atoms with Crippen LogP contribution in [0.25, 0.3) is 0 Å². The molecule has 9 aliphatic rings. The van der Waals surface area contributed by atoms with Gasteiger partial charge in [-0.25, -0.2) is 4.18 Å². The quantitative estimate of drug-likeness (QED) is 0.0595. The Balaban J connectivity index is 1.03. The Morgan fingerprint density at radius 3 is 1.93 bits per heavy atom. The van der Waals surface area contributed by atoms with Gasteiger partial charge in [0.15, 0.2) is 18.9 Å². The monoisotopic (exact) mass is 1040 g/mol. The van der Waals surface area contributed by atoms with E-state index in [0.29, 0.717) is 32.3 Å². The first-order chi connectivity index (χ1) is 33.2. The van der Waals surface area contributed by atoms with E-state index in [9.17, 15) is 69.1 Å². The number of ether oxygens (including phenoxy) is 7. The molecule has 2 bridgehead atoms. The number of rotatable bonds is 12. The molecule has 4 aliphatic heterocycles. The van der Waals surface area contributed by atoms with Gasteiger partial charge in [-0.2, -0.15) is 8.42 Å². The molecular formula is C48H78O22S. The molecule has 4 saturated heterocycles. The van der Waals surface area contributed by atoms with Gasteiger partial charge in [0, 0.05) is 28.8 Å². The van der Waals surface area contributed by atoms with Crippen molar-refractivity contribution in [1.29, 1.82) is 0 Å². The van der Waals surface area contributed by atoms with Gasteiger partial charge in [0.2, 0.25) is 0 Å². The normalized spacial score (nSPS) is 57.0. The van der Waals surface area contributed by atoms with E-state index in [1.54, 1.807) is 0 Å². The minimum atomic E-state index is -5.24. The third-order valence-electron chi connectivity index (χ3n) is 20.5. The molecule has 23 heteroatoms. The molecule has 4 saturated carbocycles. The number of aliphatic hydroxyl groups is 11. The Kier molecular flexibility index (Phi) is 14.5. The number of hydrogen-bond donors (Lipinski definition) is 12. The fourth-order valence-corrected chi connectivity index (χ4v) is 16.6. The first-order valence-corrected chi connectivity index (χ1v) is 26.7. The summed E-state index contributed by atoms with van der Waals surface area (Å²) in [5.41, 5.74) is -3.63. The lowest BCUT2D eigenvalue weighted by atomic mass is 9.32. The zero-order chi connectivity index (χ0) is 51.8. The Labute approximate surface area is 414 Å². The van der Waals surface area contributed by atoms with Crippen LogP contribution < -0.4 is 0 Å². The second-order valence-electron chi connectivity index (χ2n) is 24.1. The lowest BCUT2D eigenvalue weighted by Gasteiger charge is -2.73. The summed E-state index contributed by atoms with van der Waals surface area (Å²) < 4.78 is 81.3. The maximum absolute atomic E-state index is 12.3. The molecule has 1 spiro atoms. The lowest BCUT2D eigenvalue weighted by molar-refractivity contribution is -0.397. The summed E-state index contributed by atoms with van der Waals surface area (Å²) >= 11 is 0. The van der Waals surface area contributed by atoms with Crippen molar-refractivity contribution in [2.75, 3.05) is 33.0 Å². The highest BCUT2D eigenvalue weighted by molar-refractivity contribution is 7.80. The van der Waals surface area contributed by atoms with Crippen molar-refractivity contribution in [3.63, 3.8) is 0 Å². The zero-order valence-electron chi connectivity index (χ0n) is 41.3. The summed E-state index contributed by atoms with van der Waals surface area (Å²) in [6.07, 6.45) is -18.3. The lowest BCUT2D eigenvalue weighted by Crippen LogP contribution is -2.73. The van der Waals surface area contributed by atoms with E-state index < -0.39 is 155 Å². The van der Waals surface area contributed by atoms with Crippen molar-refractivity contribution >= 4 is 10.4 Å². The van der Waals surface area contributed by atoms with Crippen molar-refractivity contribution in [2.24, 2.45) is 50.2 Å². The van der Waals surface area contributed by atoms with Crippen molar-refractivity contribution < 1.29 is 106 Å². The van der Waals surface area contributed by atoms with Crippen LogP contribution in [0.4, 0.5) is 0 Å². The van der Waals surface area contributed by atoms with E-state index in [0.717, 1.165) is 25.7 Å². The van der Waals surface area contributed by atoms with Crippen LogP contribution in [0.1, 0.15) is 92.9 Å². The third kappa shape index (κ3) is 8.20. The Morgan fingerprint density at radius 2 is 1.30 bits per heavy atom. The van der Waals surface area contributed by atoms with Crippen LogP contribution in [-0.2, 0) is 47.7 Å². The SMILES string of the molecule is C[C@H]1O[C@@H](O[C@H]2CC[C@@]3(C)[C@H](CC[C@]4(C)[C@H]3C=C[C@]35OC[C@@]6(CC[C@](C)(CO)C[C@H]63)[C@@H](O)C[C@]54C)[C@]2(C)CO)[C@H](O[C@@H]2O[C@H](CO)[C@@H](O)[C@H](O)[C@H]2O)[C@@H](O[C@@H]2O[C@H](CO)[C@@H](OS(=O)(=O)O)[C@H](O)[C@H]2O)[C@H]1O. The summed E-state index contributed by atoms with van der Waals surface area (Å²) in [6, 6.07) is 0. The molecule has 0 unspecified atom stereocenters. The first kappa shape index (κ1) is 54.7. The molecule has 0 aromatic carbocycles. The Bertz CT molecular complexity index is 2080. The van der Waals surface area contributed by atoms with E-state index >= 15 is 0 Å². The Hall–Kier alpha value is -1.11. The smallest absolute Gasteiger partial charge is 0.396 e. The molecule has 22 nitrogen and oxygen atoms in total. The van der Waals surface area contributed by atoms with Crippen LogP contribution in [-0.4, -0.2) is 212 Å². The molecule has 12 N–H and O–H groups in total. The number of hydrogen-bond acceptors (Lipinski definition) is 21. The Morgan fingerprint density at radius 1 is 0.648 bits per heavy atom. The molecule has 0 radical (unpaired) electrons. The van der Waals surface area contributed by atoms with Crippen molar-refractivity contribution in [2.45, 2.75) is 203 Å². The van der Waals surface area contributed by atoms with E-state index in [1.165, 1.54) is 6.92 Å². The van der Waals surface area contributed by atoms with Gasteiger partial charge in [0.1, 0.15) is 67.1 Å². The van der Waals surface area contributed by atoms with Gasteiger partial charge in [-0.1, -0.05) is 46.8 Å². The summed E-state index contributed by atoms with van der Waals surface area (Å²) in [5, 5.41) is 121. The highest BCUT2D eigenvalue weighted by Crippen LogP contribution is 2.79. The highest BCUT2D eigenvalue weighted by atomic mass is 32.3. The molecule has 71 heavy (non-hydrogen) atoms. The molecule has 0 aromatic heterocycles. The molecule has 0 amide bonds. The summed E-state index contributed by atoms with van der Waals surface area (Å²) in [4.78, 5) is 0. The van der Waals surface area contributed by atoms with Crippen LogP contribution in [0, 0.1) is 50.2 Å². The number of allylic oxidation sites excluding steroid dienone is 1. The van der Waals surface area contributed by atoms with Crippen LogP contribution >= 0.6 is 0 Å². The van der Waals surface area contributed by atoms with Crippen molar-refractivity contribution in [3.8, 4) is 0 Å². The zero-order valence-corrected chi connectivity index (χ0v) is 42.1. The molecule has 408 valence electrons. The van der Waals surface area contributed by atoms with Gasteiger partial charge in [-0.05, 0) is 86.4 Å². The number of aliphatic hydroxyl groups excluding tert-OH is 11. The fraction of sp³-hybridized carbons (Fsp3) is 0.958. The minimum Gasteiger partial charge on any atom is -0.396 e. The summed E-state index contributed by atoms with van der Waals surface area (Å²) in [6.45, 7) is 10.8. The van der Waals surface area contributed by atoms with Gasteiger partial charge in [0.05, 0.1) is 50.3 Å². The highest BCUT2D eigenvalue weighted by Gasteiger charge is 2.79. The second kappa shape index (κ2) is 18.8. The molecule has 5 aliphatic carbocycles. The maximum Gasteiger partial charge on any atom is 0.397 e. The van der Waals surface area contributed by atoms with Crippen LogP contribution in [0.3, 0.4) is 0 Å². The van der Waals surface area contributed by atoms with Crippen LogP contribution in [0.15, 0.2) is 12.2 Å². The first-order valence-electron chi connectivity index (χ1n) is 25.3. The number of fused-ring (bicyclic) bond motifs is 4. The van der Waals surface area contributed by atoms with E-state index in [4.69, 9.17) is 33.2 Å². The van der Waals surface area contributed by atoms with Gasteiger partial charge in [0.25, 0.3) is 0 Å². The summed E-state index contributed by atoms with van der Waals surface area (Å²) in [5.74, 6) is -0.197. The molecule has 4 heterocycles. The van der Waals surface area contributed by atoms with E-state index in [-0.39, 0.29) is 41.8 Å². The average molecular weight is 1040 g/mol. The topological polar surface area (TPSA) is 351 Å². The second-order valence-corrected chi connectivity index (χ2v) is 25.1.